The van der Waals surface area contributed by atoms with Crippen LogP contribution in [-0.2, 0) is 6.42 Å². The molecule has 0 fully saturated rings. The Morgan fingerprint density at radius 1 is 0.950 bits per heavy atom. The summed E-state index contributed by atoms with van der Waals surface area (Å²) in [5, 5.41) is 0. The Kier molecular flexibility index (Phi) is 4.57. The SMILES string of the molecule is C=C1C(c2cccc(C)c2)=CCc2ccccc21.CC. The summed E-state index contributed by atoms with van der Waals surface area (Å²) in [6.45, 7) is 10.4. The van der Waals surface area contributed by atoms with Gasteiger partial charge in [-0.3, -0.25) is 0 Å². The predicted octanol–water partition coefficient (Wildman–Crippen LogP) is 5.67. The van der Waals surface area contributed by atoms with Gasteiger partial charge in [-0.25, -0.2) is 0 Å². The van der Waals surface area contributed by atoms with Gasteiger partial charge in [-0.15, -0.1) is 0 Å². The fraction of sp³-hybridized carbons (Fsp3) is 0.200. The molecule has 0 bridgehead atoms. The highest BCUT2D eigenvalue weighted by atomic mass is 14.2. The van der Waals surface area contributed by atoms with Gasteiger partial charge in [-0.2, -0.15) is 0 Å². The molecule has 3 rings (SSSR count). The quantitative estimate of drug-likeness (QED) is 0.620. The molecule has 0 aliphatic heterocycles. The van der Waals surface area contributed by atoms with Crippen LogP contribution in [0.2, 0.25) is 0 Å². The highest BCUT2D eigenvalue weighted by Crippen LogP contribution is 2.36. The summed E-state index contributed by atoms with van der Waals surface area (Å²) in [6.07, 6.45) is 3.29. The molecule has 0 saturated carbocycles. The first-order valence-corrected chi connectivity index (χ1v) is 7.30. The van der Waals surface area contributed by atoms with E-state index in [4.69, 9.17) is 0 Å². The Hall–Kier alpha value is -2.08. The van der Waals surface area contributed by atoms with Gasteiger partial charge < -0.3 is 0 Å². The number of rotatable bonds is 1. The summed E-state index contributed by atoms with van der Waals surface area (Å²) in [7, 11) is 0. The topological polar surface area (TPSA) is 0 Å². The van der Waals surface area contributed by atoms with Crippen LogP contribution in [0.1, 0.15) is 36.1 Å². The third-order valence-corrected chi connectivity index (χ3v) is 3.52. The van der Waals surface area contributed by atoms with Crippen molar-refractivity contribution in [2.24, 2.45) is 0 Å². The Balaban J connectivity index is 0.000000704. The normalized spacial score (nSPS) is 12.9. The molecule has 0 N–H and O–H groups in total. The number of allylic oxidation sites excluding steroid dienone is 3. The standard InChI is InChI=1S/C18H16.C2H6/c1-13-6-5-8-16(12-13)18-11-10-15-7-3-4-9-17(15)14(18)2;1-2/h3-9,11-12H,2,10H2,1H3;1-2H3. The van der Waals surface area contributed by atoms with E-state index < -0.39 is 0 Å². The summed E-state index contributed by atoms with van der Waals surface area (Å²) in [4.78, 5) is 0. The van der Waals surface area contributed by atoms with Crippen molar-refractivity contribution in [1.29, 1.82) is 0 Å². The van der Waals surface area contributed by atoms with Gasteiger partial charge in [0.1, 0.15) is 0 Å². The number of benzene rings is 2. The molecule has 0 nitrogen and oxygen atoms in total. The molecule has 1 aliphatic rings. The molecule has 20 heavy (non-hydrogen) atoms. The van der Waals surface area contributed by atoms with Crippen LogP contribution < -0.4 is 0 Å². The van der Waals surface area contributed by atoms with Crippen LogP contribution in [0.5, 0.6) is 0 Å². The first-order chi connectivity index (χ1) is 9.75. The van der Waals surface area contributed by atoms with Crippen molar-refractivity contribution < 1.29 is 0 Å². The molecule has 0 heterocycles. The summed E-state index contributed by atoms with van der Waals surface area (Å²) < 4.78 is 0. The van der Waals surface area contributed by atoms with Crippen LogP contribution in [0.4, 0.5) is 0 Å². The molecule has 0 amide bonds. The second kappa shape index (κ2) is 6.38. The van der Waals surface area contributed by atoms with Crippen molar-refractivity contribution >= 4 is 11.1 Å². The van der Waals surface area contributed by atoms with Gasteiger partial charge in [0.2, 0.25) is 0 Å². The predicted molar refractivity (Wildman–Crippen MR) is 89.7 cm³/mol. The fourth-order valence-corrected chi connectivity index (χ4v) is 2.58. The molecule has 102 valence electrons. The lowest BCUT2D eigenvalue weighted by Crippen LogP contribution is -2.01. The Morgan fingerprint density at radius 3 is 2.45 bits per heavy atom. The molecule has 0 saturated heterocycles. The lowest BCUT2D eigenvalue weighted by Gasteiger charge is -2.20. The summed E-state index contributed by atoms with van der Waals surface area (Å²) >= 11 is 0. The molecular formula is C20H22. The van der Waals surface area contributed by atoms with Gasteiger partial charge in [-0.1, -0.05) is 80.6 Å². The largest absolute Gasteiger partial charge is 0.0905 e. The molecule has 1 aliphatic carbocycles. The molecular weight excluding hydrogens is 240 g/mol. The van der Waals surface area contributed by atoms with Crippen LogP contribution >= 0.6 is 0 Å². The van der Waals surface area contributed by atoms with E-state index in [2.05, 4.69) is 68.1 Å². The van der Waals surface area contributed by atoms with E-state index in [1.54, 1.807) is 0 Å². The van der Waals surface area contributed by atoms with E-state index >= 15 is 0 Å². The lowest BCUT2D eigenvalue weighted by atomic mass is 9.84. The van der Waals surface area contributed by atoms with Gasteiger partial charge in [-0.05, 0) is 41.2 Å². The average molecular weight is 262 g/mol. The third-order valence-electron chi connectivity index (χ3n) is 3.52. The Labute approximate surface area is 122 Å². The van der Waals surface area contributed by atoms with Gasteiger partial charge >= 0.3 is 0 Å². The third kappa shape index (κ3) is 2.75. The maximum atomic E-state index is 4.27. The number of aryl methyl sites for hydroxylation is 1. The molecule has 2 aromatic rings. The number of fused-ring (bicyclic) bond motifs is 1. The van der Waals surface area contributed by atoms with Crippen LogP contribution in [0.25, 0.3) is 11.1 Å². The van der Waals surface area contributed by atoms with Crippen LogP contribution in [0.3, 0.4) is 0 Å². The molecule has 0 spiro atoms. The van der Waals surface area contributed by atoms with Crippen molar-refractivity contribution in [3.63, 3.8) is 0 Å². The zero-order valence-electron chi connectivity index (χ0n) is 12.6. The summed E-state index contributed by atoms with van der Waals surface area (Å²) in [6, 6.07) is 17.2. The molecule has 0 heteroatoms. The average Bonchev–Trinajstić information content (AvgIpc) is 2.50. The second-order valence-corrected chi connectivity index (χ2v) is 4.83. The van der Waals surface area contributed by atoms with Crippen molar-refractivity contribution in [3.05, 3.63) is 83.4 Å². The first kappa shape index (κ1) is 14.3. The van der Waals surface area contributed by atoms with E-state index in [0.717, 1.165) is 12.0 Å². The van der Waals surface area contributed by atoms with E-state index in [9.17, 15) is 0 Å². The van der Waals surface area contributed by atoms with Gasteiger partial charge in [0.05, 0.1) is 0 Å². The highest BCUT2D eigenvalue weighted by Gasteiger charge is 2.15. The Morgan fingerprint density at radius 2 is 1.70 bits per heavy atom. The minimum atomic E-state index is 0.998. The smallest absolute Gasteiger partial charge is 0.00819 e. The minimum Gasteiger partial charge on any atom is -0.0905 e. The fourth-order valence-electron chi connectivity index (χ4n) is 2.58. The molecule has 0 aromatic heterocycles. The van der Waals surface area contributed by atoms with Crippen molar-refractivity contribution in [2.45, 2.75) is 27.2 Å². The van der Waals surface area contributed by atoms with Crippen LogP contribution in [-0.4, -0.2) is 0 Å². The lowest BCUT2D eigenvalue weighted by molar-refractivity contribution is 1.23. The number of hydrogen-bond acceptors (Lipinski definition) is 0. The van der Waals surface area contributed by atoms with Gasteiger partial charge in [0, 0.05) is 0 Å². The van der Waals surface area contributed by atoms with E-state index in [-0.39, 0.29) is 0 Å². The van der Waals surface area contributed by atoms with Crippen molar-refractivity contribution in [2.75, 3.05) is 0 Å². The van der Waals surface area contributed by atoms with Crippen LogP contribution in [0, 0.1) is 6.92 Å². The second-order valence-electron chi connectivity index (χ2n) is 4.83. The molecule has 0 atom stereocenters. The van der Waals surface area contributed by atoms with Crippen molar-refractivity contribution in [3.8, 4) is 0 Å². The monoisotopic (exact) mass is 262 g/mol. The van der Waals surface area contributed by atoms with Gasteiger partial charge in [0.15, 0.2) is 0 Å². The zero-order valence-corrected chi connectivity index (χ0v) is 12.6. The maximum Gasteiger partial charge on any atom is -0.00819 e. The molecule has 0 radical (unpaired) electrons. The first-order valence-electron chi connectivity index (χ1n) is 7.30. The van der Waals surface area contributed by atoms with Crippen molar-refractivity contribution in [1.82, 2.24) is 0 Å². The van der Waals surface area contributed by atoms with E-state index in [1.807, 2.05) is 13.8 Å². The molecule has 2 aromatic carbocycles. The summed E-state index contributed by atoms with van der Waals surface area (Å²) in [5.74, 6) is 0. The maximum absolute atomic E-state index is 4.27. The zero-order chi connectivity index (χ0) is 14.5. The van der Waals surface area contributed by atoms with Gasteiger partial charge in [0.25, 0.3) is 0 Å². The van der Waals surface area contributed by atoms with Crippen LogP contribution in [0.15, 0.2) is 61.2 Å². The van der Waals surface area contributed by atoms with E-state index in [0.29, 0.717) is 0 Å². The Bertz CT molecular complexity index is 645. The minimum absolute atomic E-state index is 0.998. The van der Waals surface area contributed by atoms with E-state index in [1.165, 1.54) is 27.8 Å². The number of hydrogen-bond donors (Lipinski definition) is 0. The highest BCUT2D eigenvalue weighted by molar-refractivity contribution is 6.06. The molecule has 0 unspecified atom stereocenters. The summed E-state index contributed by atoms with van der Waals surface area (Å²) in [5.41, 5.74) is 7.64.